The zero-order valence-corrected chi connectivity index (χ0v) is 18.2. The van der Waals surface area contributed by atoms with E-state index in [-0.39, 0.29) is 0 Å². The summed E-state index contributed by atoms with van der Waals surface area (Å²) in [4.78, 5) is 19.2. The van der Waals surface area contributed by atoms with Crippen LogP contribution >= 0.6 is 0 Å². The quantitative estimate of drug-likeness (QED) is 0.560. The van der Waals surface area contributed by atoms with Crippen molar-refractivity contribution < 1.29 is 9.53 Å². The van der Waals surface area contributed by atoms with Crippen LogP contribution in [-0.2, 0) is 0 Å². The van der Waals surface area contributed by atoms with Gasteiger partial charge >= 0.3 is 6.09 Å². The molecule has 1 fully saturated rings. The molecule has 0 saturated carbocycles. The highest BCUT2D eigenvalue weighted by Crippen LogP contribution is 2.28. The van der Waals surface area contributed by atoms with Gasteiger partial charge in [-0.3, -0.25) is 5.32 Å². The Labute approximate surface area is 188 Å². The number of hydrogen-bond acceptors (Lipinski definition) is 5. The van der Waals surface area contributed by atoms with Crippen molar-refractivity contribution in [3.8, 4) is 22.9 Å². The summed E-state index contributed by atoms with van der Waals surface area (Å²) in [5, 5.41) is 11.7. The maximum atomic E-state index is 12.4. The smallest absolute Gasteiger partial charge is 0.410 e. The van der Waals surface area contributed by atoms with Gasteiger partial charge in [-0.2, -0.15) is 5.26 Å². The molecule has 0 unspecified atom stereocenters. The highest BCUT2D eigenvalue weighted by Gasteiger charge is 2.12. The number of benzene rings is 2. The molecule has 3 aromatic rings. The average molecular weight is 427 g/mol. The lowest BCUT2D eigenvalue weighted by Gasteiger charge is -2.21. The molecule has 32 heavy (non-hydrogen) atoms. The first-order chi connectivity index (χ1) is 15.6. The Bertz CT molecular complexity index is 1110. The maximum Gasteiger partial charge on any atom is 0.417 e. The molecule has 0 aliphatic carbocycles. The highest BCUT2D eigenvalue weighted by atomic mass is 16.6. The Kier molecular flexibility index (Phi) is 6.66. The molecule has 1 aromatic heterocycles. The lowest BCUT2D eigenvalue weighted by molar-refractivity contribution is 0.215. The number of aromatic nitrogens is 1. The summed E-state index contributed by atoms with van der Waals surface area (Å²) in [6.45, 7) is 4.04. The first-order valence-electron chi connectivity index (χ1n) is 10.9. The number of hydrogen-bond donors (Lipinski definition) is 1. The molecule has 0 atom stereocenters. The molecular weight excluding hydrogens is 400 g/mol. The molecule has 4 rings (SSSR count). The molecule has 1 aliphatic rings. The second-order valence-corrected chi connectivity index (χ2v) is 7.99. The lowest BCUT2D eigenvalue weighted by atomic mass is 9.99. The Hall–Kier alpha value is -3.85. The van der Waals surface area contributed by atoms with E-state index in [0.717, 1.165) is 35.6 Å². The lowest BCUT2D eigenvalue weighted by Crippen LogP contribution is -2.25. The average Bonchev–Trinajstić information content (AvgIpc) is 3.11. The molecule has 0 spiro atoms. The van der Waals surface area contributed by atoms with Crippen LogP contribution < -0.4 is 15.0 Å². The number of rotatable bonds is 4. The predicted molar refractivity (Wildman–Crippen MR) is 126 cm³/mol. The summed E-state index contributed by atoms with van der Waals surface area (Å²) in [6.07, 6.45) is 6.02. The summed E-state index contributed by atoms with van der Waals surface area (Å²) < 4.78 is 5.50. The topological polar surface area (TPSA) is 78.2 Å². The van der Waals surface area contributed by atoms with Crippen molar-refractivity contribution in [2.24, 2.45) is 0 Å². The molecule has 1 N–H and O–H groups in total. The van der Waals surface area contributed by atoms with Gasteiger partial charge in [-0.1, -0.05) is 31.0 Å². The van der Waals surface area contributed by atoms with Crippen LogP contribution in [0.15, 0.2) is 60.8 Å². The van der Waals surface area contributed by atoms with Crippen LogP contribution in [0.2, 0.25) is 0 Å². The fraction of sp³-hybridized carbons (Fsp3) is 0.269. The third-order valence-corrected chi connectivity index (χ3v) is 5.67. The predicted octanol–water partition coefficient (Wildman–Crippen LogP) is 5.92. The largest absolute Gasteiger partial charge is 0.417 e. The first-order valence-corrected chi connectivity index (χ1v) is 10.9. The second-order valence-electron chi connectivity index (χ2n) is 7.99. The minimum atomic E-state index is -0.566. The molecule has 162 valence electrons. The standard InChI is InChI=1S/C26H26N4O2/c1-19-6-12-23(16-24(19)21-9-7-20(17-27)8-10-21)32-26(31)29-22-11-13-25(28-18-22)30-14-4-2-3-5-15-30/h6-13,16,18H,2-5,14-15H2,1H3,(H,29,31). The fourth-order valence-electron chi connectivity index (χ4n) is 3.90. The van der Waals surface area contributed by atoms with Gasteiger partial charge in [0.2, 0.25) is 0 Å². The minimum absolute atomic E-state index is 0.446. The van der Waals surface area contributed by atoms with Crippen LogP contribution in [0.4, 0.5) is 16.3 Å². The Morgan fingerprint density at radius 3 is 2.44 bits per heavy atom. The minimum Gasteiger partial charge on any atom is -0.410 e. The molecule has 1 aliphatic heterocycles. The van der Waals surface area contributed by atoms with Gasteiger partial charge in [0.05, 0.1) is 23.5 Å². The van der Waals surface area contributed by atoms with Gasteiger partial charge in [-0.05, 0) is 72.9 Å². The van der Waals surface area contributed by atoms with E-state index in [9.17, 15) is 4.79 Å². The third kappa shape index (κ3) is 5.25. The molecule has 2 heterocycles. The monoisotopic (exact) mass is 426 g/mol. The van der Waals surface area contributed by atoms with Gasteiger partial charge in [-0.15, -0.1) is 0 Å². The maximum absolute atomic E-state index is 12.4. The Balaban J connectivity index is 1.41. The van der Waals surface area contributed by atoms with Gasteiger partial charge in [0.25, 0.3) is 0 Å². The number of pyridine rings is 1. The van der Waals surface area contributed by atoms with Crippen LogP contribution in [0.5, 0.6) is 5.75 Å². The van der Waals surface area contributed by atoms with Gasteiger partial charge < -0.3 is 9.64 Å². The van der Waals surface area contributed by atoms with Crippen molar-refractivity contribution in [2.45, 2.75) is 32.6 Å². The number of amides is 1. The van der Waals surface area contributed by atoms with Crippen LogP contribution in [0.1, 0.15) is 36.8 Å². The number of nitrogens with one attached hydrogen (secondary N) is 1. The molecule has 6 heteroatoms. The highest BCUT2D eigenvalue weighted by molar-refractivity contribution is 5.86. The zero-order valence-electron chi connectivity index (χ0n) is 18.2. The van der Waals surface area contributed by atoms with Crippen molar-refractivity contribution in [1.29, 1.82) is 5.26 Å². The van der Waals surface area contributed by atoms with Gasteiger partial charge in [-0.25, -0.2) is 9.78 Å². The molecule has 1 saturated heterocycles. The van der Waals surface area contributed by atoms with Crippen LogP contribution in [-0.4, -0.2) is 24.2 Å². The van der Waals surface area contributed by atoms with Gasteiger partial charge in [0.1, 0.15) is 11.6 Å². The summed E-state index contributed by atoms with van der Waals surface area (Å²) >= 11 is 0. The SMILES string of the molecule is Cc1ccc(OC(=O)Nc2ccc(N3CCCCCC3)nc2)cc1-c1ccc(C#N)cc1. The molecule has 0 bridgehead atoms. The summed E-state index contributed by atoms with van der Waals surface area (Å²) in [5.74, 6) is 1.39. The summed E-state index contributed by atoms with van der Waals surface area (Å²) in [6, 6.07) is 18.8. The zero-order chi connectivity index (χ0) is 22.3. The van der Waals surface area contributed by atoms with Crippen molar-refractivity contribution >= 4 is 17.6 Å². The van der Waals surface area contributed by atoms with E-state index in [0.29, 0.717) is 17.0 Å². The van der Waals surface area contributed by atoms with E-state index in [4.69, 9.17) is 10.00 Å². The number of nitrogens with zero attached hydrogens (tertiary/aromatic N) is 3. The van der Waals surface area contributed by atoms with E-state index in [1.165, 1.54) is 25.7 Å². The second kappa shape index (κ2) is 9.97. The molecule has 2 aromatic carbocycles. The van der Waals surface area contributed by atoms with Crippen molar-refractivity contribution in [2.75, 3.05) is 23.3 Å². The number of aryl methyl sites for hydroxylation is 1. The number of nitriles is 1. The van der Waals surface area contributed by atoms with Gasteiger partial charge in [0.15, 0.2) is 0 Å². The summed E-state index contributed by atoms with van der Waals surface area (Å²) in [7, 11) is 0. The number of carbonyl (C=O) groups is 1. The summed E-state index contributed by atoms with van der Waals surface area (Å²) in [5.41, 5.74) is 4.15. The third-order valence-electron chi connectivity index (χ3n) is 5.67. The Morgan fingerprint density at radius 2 is 1.78 bits per heavy atom. The molecular formula is C26H26N4O2. The van der Waals surface area contributed by atoms with Crippen LogP contribution in [0.25, 0.3) is 11.1 Å². The van der Waals surface area contributed by atoms with Gasteiger partial charge in [0, 0.05) is 13.1 Å². The van der Waals surface area contributed by atoms with E-state index in [1.807, 2.05) is 43.3 Å². The van der Waals surface area contributed by atoms with Crippen molar-refractivity contribution in [1.82, 2.24) is 4.98 Å². The molecule has 1 amide bonds. The first kappa shape index (κ1) is 21.4. The van der Waals surface area contributed by atoms with Crippen molar-refractivity contribution in [3.63, 3.8) is 0 Å². The van der Waals surface area contributed by atoms with E-state index in [2.05, 4.69) is 21.3 Å². The van der Waals surface area contributed by atoms with Crippen molar-refractivity contribution in [3.05, 3.63) is 71.9 Å². The number of carbonyl (C=O) groups excluding carboxylic acids is 1. The molecule has 6 nitrogen and oxygen atoms in total. The number of ether oxygens (including phenoxy) is 1. The number of anilines is 2. The van der Waals surface area contributed by atoms with E-state index in [1.54, 1.807) is 24.4 Å². The normalized spacial score (nSPS) is 13.7. The molecule has 0 radical (unpaired) electrons. The van der Waals surface area contributed by atoms with E-state index >= 15 is 0 Å². The fourth-order valence-corrected chi connectivity index (χ4v) is 3.90. The van der Waals surface area contributed by atoms with Crippen LogP contribution in [0.3, 0.4) is 0 Å². The van der Waals surface area contributed by atoms with Crippen LogP contribution in [0, 0.1) is 18.3 Å². The van der Waals surface area contributed by atoms with E-state index < -0.39 is 6.09 Å². The Morgan fingerprint density at radius 1 is 1.03 bits per heavy atom.